The molecule has 3 rings (SSSR count). The van der Waals surface area contributed by atoms with E-state index < -0.39 is 0 Å². The molecular weight excluding hydrogens is 294 g/mol. The van der Waals surface area contributed by atoms with E-state index in [9.17, 15) is 0 Å². The molecule has 0 amide bonds. The maximum Gasteiger partial charge on any atom is 0.257 e. The van der Waals surface area contributed by atoms with Crippen molar-refractivity contribution in [2.45, 2.75) is 52.0 Å². The first-order valence-corrected chi connectivity index (χ1v) is 9.31. The van der Waals surface area contributed by atoms with Gasteiger partial charge in [0.15, 0.2) is 0 Å². The van der Waals surface area contributed by atoms with Gasteiger partial charge in [-0.1, -0.05) is 32.3 Å². The van der Waals surface area contributed by atoms with Gasteiger partial charge in [-0.25, -0.2) is 0 Å². The summed E-state index contributed by atoms with van der Waals surface area (Å²) in [6, 6.07) is 4.03. The van der Waals surface area contributed by atoms with E-state index in [0.717, 1.165) is 29.8 Å². The molecule has 1 aliphatic carbocycles. The molecule has 4 nitrogen and oxygen atoms in total. The summed E-state index contributed by atoms with van der Waals surface area (Å²) in [5.74, 6) is 2.24. The smallest absolute Gasteiger partial charge is 0.257 e. The molecule has 0 saturated heterocycles. The molecule has 2 heterocycles. The van der Waals surface area contributed by atoms with Crippen molar-refractivity contribution in [2.75, 3.05) is 13.1 Å². The van der Waals surface area contributed by atoms with E-state index in [-0.39, 0.29) is 0 Å². The average molecular weight is 319 g/mol. The van der Waals surface area contributed by atoms with Crippen LogP contribution >= 0.6 is 11.3 Å². The van der Waals surface area contributed by atoms with Crippen LogP contribution in [0.3, 0.4) is 0 Å². The first kappa shape index (κ1) is 15.7. The molecule has 0 spiro atoms. The molecule has 0 unspecified atom stereocenters. The standard InChI is InChI=1S/C17H25N3OS/c1-2-10-20(12-14-7-4-3-5-8-14)13-16-18-19-17(21-16)15-9-6-11-22-15/h6,9,11,14H,2-5,7-8,10,12-13H2,1H3. The summed E-state index contributed by atoms with van der Waals surface area (Å²) in [5.41, 5.74) is 0. The zero-order chi connectivity index (χ0) is 15.2. The van der Waals surface area contributed by atoms with Gasteiger partial charge in [-0.05, 0) is 43.2 Å². The van der Waals surface area contributed by atoms with E-state index in [1.54, 1.807) is 11.3 Å². The lowest BCUT2D eigenvalue weighted by molar-refractivity contribution is 0.180. The van der Waals surface area contributed by atoms with E-state index >= 15 is 0 Å². The number of hydrogen-bond acceptors (Lipinski definition) is 5. The predicted molar refractivity (Wildman–Crippen MR) is 89.8 cm³/mol. The molecule has 0 bridgehead atoms. The van der Waals surface area contributed by atoms with Crippen LogP contribution in [0, 0.1) is 5.92 Å². The lowest BCUT2D eigenvalue weighted by Crippen LogP contribution is -2.31. The molecule has 0 atom stereocenters. The lowest BCUT2D eigenvalue weighted by Gasteiger charge is -2.28. The van der Waals surface area contributed by atoms with Crippen LogP contribution in [-0.2, 0) is 6.54 Å². The fourth-order valence-electron chi connectivity index (χ4n) is 3.29. The van der Waals surface area contributed by atoms with E-state index in [0.29, 0.717) is 5.89 Å². The van der Waals surface area contributed by atoms with Crippen LogP contribution in [0.25, 0.3) is 10.8 Å². The van der Waals surface area contributed by atoms with Crippen molar-refractivity contribution >= 4 is 11.3 Å². The number of nitrogens with zero attached hydrogens (tertiary/aromatic N) is 3. The summed E-state index contributed by atoms with van der Waals surface area (Å²) in [7, 11) is 0. The number of hydrogen-bond donors (Lipinski definition) is 0. The maximum atomic E-state index is 5.84. The summed E-state index contributed by atoms with van der Waals surface area (Å²) in [5, 5.41) is 10.5. The molecule has 2 aromatic heterocycles. The van der Waals surface area contributed by atoms with Crippen LogP contribution < -0.4 is 0 Å². The van der Waals surface area contributed by atoms with Crippen LogP contribution in [0.5, 0.6) is 0 Å². The lowest BCUT2D eigenvalue weighted by atomic mass is 9.89. The summed E-state index contributed by atoms with van der Waals surface area (Å²) in [6.07, 6.45) is 8.13. The zero-order valence-corrected chi connectivity index (χ0v) is 14.1. The predicted octanol–water partition coefficient (Wildman–Crippen LogP) is 4.59. The van der Waals surface area contributed by atoms with Gasteiger partial charge in [-0.2, -0.15) is 0 Å². The summed E-state index contributed by atoms with van der Waals surface area (Å²) in [6.45, 7) is 5.29. The highest BCUT2D eigenvalue weighted by atomic mass is 32.1. The Balaban J connectivity index is 1.60. The van der Waals surface area contributed by atoms with Gasteiger partial charge in [0.2, 0.25) is 5.89 Å². The Bertz CT molecular complexity index is 546. The van der Waals surface area contributed by atoms with Gasteiger partial charge in [-0.3, -0.25) is 4.90 Å². The van der Waals surface area contributed by atoms with E-state index in [1.807, 2.05) is 17.5 Å². The van der Waals surface area contributed by atoms with Crippen LogP contribution in [0.15, 0.2) is 21.9 Å². The van der Waals surface area contributed by atoms with Gasteiger partial charge in [-0.15, -0.1) is 21.5 Å². The monoisotopic (exact) mass is 319 g/mol. The molecule has 2 aromatic rings. The molecule has 1 fully saturated rings. The molecule has 1 aliphatic rings. The van der Waals surface area contributed by atoms with E-state index in [4.69, 9.17) is 4.42 Å². The van der Waals surface area contributed by atoms with Gasteiger partial charge < -0.3 is 4.42 Å². The fraction of sp³-hybridized carbons (Fsp3) is 0.647. The molecule has 1 saturated carbocycles. The molecule has 120 valence electrons. The van der Waals surface area contributed by atoms with Crippen molar-refractivity contribution in [3.8, 4) is 10.8 Å². The quantitative estimate of drug-likeness (QED) is 0.748. The third-order valence-electron chi connectivity index (χ3n) is 4.34. The summed E-state index contributed by atoms with van der Waals surface area (Å²) < 4.78 is 5.84. The minimum atomic E-state index is 0.652. The molecule has 5 heteroatoms. The number of aromatic nitrogens is 2. The van der Waals surface area contributed by atoms with Gasteiger partial charge in [0, 0.05) is 6.54 Å². The Morgan fingerprint density at radius 3 is 2.86 bits per heavy atom. The largest absolute Gasteiger partial charge is 0.419 e. The van der Waals surface area contributed by atoms with Gasteiger partial charge in [0.05, 0.1) is 11.4 Å². The zero-order valence-electron chi connectivity index (χ0n) is 13.3. The van der Waals surface area contributed by atoms with Crippen LogP contribution in [-0.4, -0.2) is 28.2 Å². The van der Waals surface area contributed by atoms with Crippen LogP contribution in [0.2, 0.25) is 0 Å². The molecule has 0 aromatic carbocycles. The second kappa shape index (κ2) is 7.88. The Morgan fingerprint density at radius 1 is 1.27 bits per heavy atom. The molecule has 22 heavy (non-hydrogen) atoms. The first-order chi connectivity index (χ1) is 10.8. The second-order valence-corrected chi connectivity index (χ2v) is 7.17. The Labute approximate surface area is 136 Å². The average Bonchev–Trinajstić information content (AvgIpc) is 3.19. The normalized spacial score (nSPS) is 16.5. The molecule has 0 N–H and O–H groups in total. The van der Waals surface area contributed by atoms with Crippen LogP contribution in [0.1, 0.15) is 51.3 Å². The molecule has 0 radical (unpaired) electrons. The van der Waals surface area contributed by atoms with Gasteiger partial charge >= 0.3 is 0 Å². The highest BCUT2D eigenvalue weighted by molar-refractivity contribution is 7.13. The Kier molecular flexibility index (Phi) is 5.62. The summed E-state index contributed by atoms with van der Waals surface area (Å²) >= 11 is 1.64. The van der Waals surface area contributed by atoms with Crippen molar-refractivity contribution in [1.29, 1.82) is 0 Å². The molecular formula is C17H25N3OS. The van der Waals surface area contributed by atoms with E-state index in [2.05, 4.69) is 22.0 Å². The van der Waals surface area contributed by atoms with Crippen molar-refractivity contribution in [2.24, 2.45) is 5.92 Å². The van der Waals surface area contributed by atoms with Crippen molar-refractivity contribution < 1.29 is 4.42 Å². The first-order valence-electron chi connectivity index (χ1n) is 8.43. The third-order valence-corrected chi connectivity index (χ3v) is 5.20. The number of rotatable bonds is 7. The van der Waals surface area contributed by atoms with E-state index in [1.165, 1.54) is 45.1 Å². The molecule has 0 aliphatic heterocycles. The third kappa shape index (κ3) is 4.17. The van der Waals surface area contributed by atoms with Crippen LogP contribution in [0.4, 0.5) is 0 Å². The Morgan fingerprint density at radius 2 is 2.14 bits per heavy atom. The Hall–Kier alpha value is -1.20. The van der Waals surface area contributed by atoms with Crippen molar-refractivity contribution in [3.05, 3.63) is 23.4 Å². The summed E-state index contributed by atoms with van der Waals surface area (Å²) in [4.78, 5) is 3.54. The van der Waals surface area contributed by atoms with Crippen molar-refractivity contribution in [1.82, 2.24) is 15.1 Å². The topological polar surface area (TPSA) is 42.2 Å². The minimum absolute atomic E-state index is 0.652. The highest BCUT2D eigenvalue weighted by Crippen LogP contribution is 2.26. The van der Waals surface area contributed by atoms with Crippen molar-refractivity contribution in [3.63, 3.8) is 0 Å². The maximum absolute atomic E-state index is 5.84. The second-order valence-electron chi connectivity index (χ2n) is 6.22. The SMILES string of the molecule is CCCN(Cc1nnc(-c2cccs2)o1)CC1CCCCC1. The fourth-order valence-corrected chi connectivity index (χ4v) is 3.94. The highest BCUT2D eigenvalue weighted by Gasteiger charge is 2.19. The van der Waals surface area contributed by atoms with Gasteiger partial charge in [0.25, 0.3) is 5.89 Å². The minimum Gasteiger partial charge on any atom is -0.419 e. The van der Waals surface area contributed by atoms with Gasteiger partial charge in [0.1, 0.15) is 0 Å². The number of thiophene rings is 1.